The molecule has 146 valence electrons. The summed E-state index contributed by atoms with van der Waals surface area (Å²) in [6, 6.07) is 7.05. The van der Waals surface area contributed by atoms with Crippen molar-refractivity contribution in [1.29, 1.82) is 0 Å². The second-order valence-corrected chi connectivity index (χ2v) is 6.20. The molecule has 1 aromatic rings. The van der Waals surface area contributed by atoms with E-state index in [1.165, 1.54) is 0 Å². The van der Waals surface area contributed by atoms with Gasteiger partial charge < -0.3 is 24.1 Å². The van der Waals surface area contributed by atoms with E-state index >= 15 is 0 Å². The minimum Gasteiger partial charge on any atom is -0.497 e. The highest BCUT2D eigenvalue weighted by Crippen LogP contribution is 2.26. The van der Waals surface area contributed by atoms with Gasteiger partial charge in [-0.3, -0.25) is 0 Å². The van der Waals surface area contributed by atoms with Gasteiger partial charge in [-0.05, 0) is 30.5 Å². The minimum absolute atomic E-state index is 0.0333. The van der Waals surface area contributed by atoms with Gasteiger partial charge in [0.05, 0.1) is 7.11 Å². The number of carbonyl (C=O) groups is 2. The van der Waals surface area contributed by atoms with Crippen LogP contribution in [0.1, 0.15) is 45.1 Å². The maximum absolute atomic E-state index is 12.2. The van der Waals surface area contributed by atoms with Crippen LogP contribution in [0.4, 0.5) is 0 Å². The number of rotatable bonds is 14. The number of aliphatic carboxylic acids is 1. The highest BCUT2D eigenvalue weighted by molar-refractivity contribution is 5.84. The predicted octanol–water partition coefficient (Wildman–Crippen LogP) is 3.26. The monoisotopic (exact) mass is 366 g/mol. The van der Waals surface area contributed by atoms with Crippen molar-refractivity contribution in [3.63, 3.8) is 0 Å². The first kappa shape index (κ1) is 22.1. The predicted molar refractivity (Wildman–Crippen MR) is 98.6 cm³/mol. The van der Waals surface area contributed by atoms with E-state index in [-0.39, 0.29) is 13.0 Å². The first-order valence-corrected chi connectivity index (χ1v) is 9.11. The van der Waals surface area contributed by atoms with Crippen LogP contribution in [0, 0.1) is 0 Å². The SMILES string of the molecule is CCCCOC(C=O)C(Cc1ccc(OC)cc1)(OCCCC)C(=O)O. The molecule has 2 unspecified atom stereocenters. The molecule has 0 aromatic heterocycles. The van der Waals surface area contributed by atoms with Gasteiger partial charge in [0.25, 0.3) is 0 Å². The van der Waals surface area contributed by atoms with Crippen molar-refractivity contribution in [3.8, 4) is 5.75 Å². The van der Waals surface area contributed by atoms with Gasteiger partial charge in [0.15, 0.2) is 12.4 Å². The highest BCUT2D eigenvalue weighted by Gasteiger charge is 2.48. The van der Waals surface area contributed by atoms with Crippen molar-refractivity contribution in [1.82, 2.24) is 0 Å². The summed E-state index contributed by atoms with van der Waals surface area (Å²) in [5, 5.41) is 9.95. The lowest BCUT2D eigenvalue weighted by atomic mass is 9.88. The second-order valence-electron chi connectivity index (χ2n) is 6.20. The van der Waals surface area contributed by atoms with Crippen LogP contribution in [0.15, 0.2) is 24.3 Å². The fourth-order valence-electron chi connectivity index (χ4n) is 2.58. The lowest BCUT2D eigenvalue weighted by Gasteiger charge is -2.34. The first-order valence-electron chi connectivity index (χ1n) is 9.11. The van der Waals surface area contributed by atoms with Crippen molar-refractivity contribution >= 4 is 12.3 Å². The van der Waals surface area contributed by atoms with E-state index in [9.17, 15) is 14.7 Å². The molecule has 6 nitrogen and oxygen atoms in total. The lowest BCUT2D eigenvalue weighted by Crippen LogP contribution is -2.55. The Balaban J connectivity index is 3.12. The zero-order valence-electron chi connectivity index (χ0n) is 15.9. The second kappa shape index (κ2) is 11.6. The molecule has 0 radical (unpaired) electrons. The van der Waals surface area contributed by atoms with Gasteiger partial charge in [0.2, 0.25) is 5.60 Å². The molecule has 1 N–H and O–H groups in total. The Morgan fingerprint density at radius 3 is 2.27 bits per heavy atom. The van der Waals surface area contributed by atoms with Crippen molar-refractivity contribution < 1.29 is 28.9 Å². The molecule has 6 heteroatoms. The molecule has 0 saturated heterocycles. The molecule has 1 aromatic carbocycles. The Morgan fingerprint density at radius 1 is 1.15 bits per heavy atom. The topological polar surface area (TPSA) is 82.1 Å². The maximum Gasteiger partial charge on any atom is 0.339 e. The number of carboxylic acids is 1. The molecule has 0 amide bonds. The van der Waals surface area contributed by atoms with E-state index in [4.69, 9.17) is 14.2 Å². The average molecular weight is 366 g/mol. The van der Waals surface area contributed by atoms with Gasteiger partial charge in [-0.15, -0.1) is 0 Å². The third-order valence-corrected chi connectivity index (χ3v) is 4.22. The molecule has 0 aliphatic rings. The molecule has 0 bridgehead atoms. The van der Waals surface area contributed by atoms with Gasteiger partial charge in [0.1, 0.15) is 5.75 Å². The molecule has 2 atom stereocenters. The minimum atomic E-state index is -1.75. The zero-order chi connectivity index (χ0) is 19.4. The highest BCUT2D eigenvalue weighted by atomic mass is 16.6. The quantitative estimate of drug-likeness (QED) is 0.402. The van der Waals surface area contributed by atoms with E-state index in [1.54, 1.807) is 31.4 Å². The van der Waals surface area contributed by atoms with Gasteiger partial charge in [-0.2, -0.15) is 0 Å². The number of carboxylic acid groups (broad SMARTS) is 1. The van der Waals surface area contributed by atoms with E-state index in [0.717, 1.165) is 24.8 Å². The number of hydrogen-bond donors (Lipinski definition) is 1. The number of carbonyl (C=O) groups excluding carboxylic acids is 1. The summed E-state index contributed by atoms with van der Waals surface area (Å²) in [6.45, 7) is 4.55. The Kier molecular flexibility index (Phi) is 9.91. The number of benzene rings is 1. The lowest BCUT2D eigenvalue weighted by molar-refractivity contribution is -0.189. The molecule has 0 fully saturated rings. The Hall–Kier alpha value is -1.92. The van der Waals surface area contributed by atoms with E-state index < -0.39 is 17.7 Å². The van der Waals surface area contributed by atoms with Gasteiger partial charge >= 0.3 is 5.97 Å². The summed E-state index contributed by atoms with van der Waals surface area (Å²) in [4.78, 5) is 23.9. The fourth-order valence-corrected chi connectivity index (χ4v) is 2.58. The van der Waals surface area contributed by atoms with Gasteiger partial charge in [0, 0.05) is 19.6 Å². The van der Waals surface area contributed by atoms with E-state index in [1.807, 2.05) is 13.8 Å². The van der Waals surface area contributed by atoms with Crippen LogP contribution in [-0.4, -0.2) is 49.4 Å². The van der Waals surface area contributed by atoms with Crippen LogP contribution in [0.25, 0.3) is 0 Å². The zero-order valence-corrected chi connectivity index (χ0v) is 15.9. The van der Waals surface area contributed by atoms with Crippen molar-refractivity contribution in [3.05, 3.63) is 29.8 Å². The largest absolute Gasteiger partial charge is 0.497 e. The van der Waals surface area contributed by atoms with Crippen LogP contribution in [0.2, 0.25) is 0 Å². The third-order valence-electron chi connectivity index (χ3n) is 4.22. The van der Waals surface area contributed by atoms with E-state index in [0.29, 0.717) is 25.1 Å². The summed E-state index contributed by atoms with van der Waals surface area (Å²) in [5.74, 6) is -0.522. The summed E-state index contributed by atoms with van der Waals surface area (Å²) in [5.41, 5.74) is -1.02. The molecule has 1 rings (SSSR count). The molecule has 26 heavy (non-hydrogen) atoms. The fraction of sp³-hybridized carbons (Fsp3) is 0.600. The van der Waals surface area contributed by atoms with Crippen LogP contribution < -0.4 is 4.74 Å². The number of unbranched alkanes of at least 4 members (excludes halogenated alkanes) is 2. The summed E-state index contributed by atoms with van der Waals surface area (Å²) >= 11 is 0. The normalized spacial score (nSPS) is 14.4. The van der Waals surface area contributed by atoms with Crippen molar-refractivity contribution in [2.45, 2.75) is 57.7 Å². The molecule has 0 aliphatic heterocycles. The average Bonchev–Trinajstić information content (AvgIpc) is 2.65. The maximum atomic E-state index is 12.2. The Morgan fingerprint density at radius 2 is 1.77 bits per heavy atom. The molecular weight excluding hydrogens is 336 g/mol. The number of methoxy groups -OCH3 is 1. The van der Waals surface area contributed by atoms with Gasteiger partial charge in [-0.1, -0.05) is 38.8 Å². The Labute approximate surface area is 155 Å². The molecule has 0 saturated carbocycles. The third kappa shape index (κ3) is 6.11. The first-order chi connectivity index (χ1) is 12.5. The smallest absolute Gasteiger partial charge is 0.339 e. The summed E-state index contributed by atoms with van der Waals surface area (Å²) in [6.07, 6.45) is 2.60. The number of hydrogen-bond acceptors (Lipinski definition) is 5. The van der Waals surface area contributed by atoms with Crippen LogP contribution in [0.5, 0.6) is 5.75 Å². The Bertz CT molecular complexity index is 542. The number of aldehydes is 1. The van der Waals surface area contributed by atoms with Crippen molar-refractivity contribution in [2.75, 3.05) is 20.3 Å². The number of ether oxygens (including phenoxy) is 3. The summed E-state index contributed by atoms with van der Waals surface area (Å²) in [7, 11) is 1.56. The van der Waals surface area contributed by atoms with Crippen molar-refractivity contribution in [2.24, 2.45) is 0 Å². The van der Waals surface area contributed by atoms with Crippen LogP contribution in [-0.2, 0) is 25.5 Å². The standard InChI is InChI=1S/C20H30O6/c1-4-6-12-25-18(15-21)20(19(22)23,26-13-7-5-2)14-16-8-10-17(24-3)11-9-16/h8-11,15,18H,4-7,12-14H2,1-3H3,(H,22,23). The van der Waals surface area contributed by atoms with Crippen LogP contribution >= 0.6 is 0 Å². The molecule has 0 heterocycles. The molecular formula is C20H30O6. The summed E-state index contributed by atoms with van der Waals surface area (Å²) < 4.78 is 16.5. The molecule has 0 aliphatic carbocycles. The van der Waals surface area contributed by atoms with Gasteiger partial charge in [-0.25, -0.2) is 4.79 Å². The molecule has 0 spiro atoms. The van der Waals surface area contributed by atoms with Crippen LogP contribution in [0.3, 0.4) is 0 Å². The van der Waals surface area contributed by atoms with E-state index in [2.05, 4.69) is 0 Å².